The molecule has 2 aromatic carbocycles. The Hall–Kier alpha value is -2.99. The first-order chi connectivity index (χ1) is 13.2. The fourth-order valence-electron chi connectivity index (χ4n) is 2.65. The molecule has 0 unspecified atom stereocenters. The number of aromatic nitrogens is 2. The van der Waals surface area contributed by atoms with Gasteiger partial charge in [-0.3, -0.25) is 4.79 Å². The molecule has 6 nitrogen and oxygen atoms in total. The lowest BCUT2D eigenvalue weighted by molar-refractivity contribution is 0.0949. The number of carbonyl (C=O) groups is 1. The van der Waals surface area contributed by atoms with Crippen molar-refractivity contribution in [3.8, 4) is 11.5 Å². The highest BCUT2D eigenvalue weighted by atomic mass is 16.5. The van der Waals surface area contributed by atoms with Crippen LogP contribution in [0.1, 0.15) is 40.7 Å². The van der Waals surface area contributed by atoms with E-state index in [4.69, 9.17) is 9.26 Å². The largest absolute Gasteiger partial charge is 0.377 e. The first-order valence-electron chi connectivity index (χ1n) is 9.01. The Morgan fingerprint density at radius 1 is 1.11 bits per heavy atom. The van der Waals surface area contributed by atoms with Crippen LogP contribution >= 0.6 is 0 Å². The smallest absolute Gasteiger partial charge is 0.257 e. The molecule has 0 saturated heterocycles. The van der Waals surface area contributed by atoms with E-state index in [9.17, 15) is 4.79 Å². The molecule has 1 aromatic heterocycles. The summed E-state index contributed by atoms with van der Waals surface area (Å²) in [5.41, 5.74) is 3.51. The molecule has 6 heteroatoms. The number of hydrogen-bond donors (Lipinski definition) is 1. The minimum Gasteiger partial charge on any atom is -0.377 e. The van der Waals surface area contributed by atoms with Gasteiger partial charge in [0.1, 0.15) is 0 Å². The lowest BCUT2D eigenvalue weighted by Crippen LogP contribution is -2.23. The van der Waals surface area contributed by atoms with Crippen LogP contribution in [0, 0.1) is 6.92 Å². The van der Waals surface area contributed by atoms with Gasteiger partial charge in [0.05, 0.1) is 6.61 Å². The number of aryl methyl sites for hydroxylation is 1. The minimum absolute atomic E-state index is 0.132. The monoisotopic (exact) mass is 365 g/mol. The van der Waals surface area contributed by atoms with Crippen molar-refractivity contribution in [2.75, 3.05) is 6.61 Å². The Bertz CT molecular complexity index is 888. The molecule has 3 rings (SSSR count). The zero-order chi connectivity index (χ0) is 19.1. The summed E-state index contributed by atoms with van der Waals surface area (Å²) in [6, 6.07) is 15.1. The summed E-state index contributed by atoms with van der Waals surface area (Å²) >= 11 is 0. The molecule has 0 atom stereocenters. The van der Waals surface area contributed by atoms with E-state index in [1.807, 2.05) is 24.3 Å². The second-order valence-electron chi connectivity index (χ2n) is 6.23. The molecule has 140 valence electrons. The Morgan fingerprint density at radius 3 is 2.52 bits per heavy atom. The van der Waals surface area contributed by atoms with Gasteiger partial charge in [0.25, 0.3) is 11.8 Å². The van der Waals surface area contributed by atoms with Crippen molar-refractivity contribution in [1.29, 1.82) is 0 Å². The van der Waals surface area contributed by atoms with Crippen LogP contribution in [0.25, 0.3) is 11.5 Å². The van der Waals surface area contributed by atoms with Gasteiger partial charge in [-0.25, -0.2) is 0 Å². The number of nitrogens with one attached hydrogen (secondary N) is 1. The lowest BCUT2D eigenvalue weighted by atomic mass is 10.1. The van der Waals surface area contributed by atoms with E-state index >= 15 is 0 Å². The normalized spacial score (nSPS) is 10.7. The summed E-state index contributed by atoms with van der Waals surface area (Å²) in [7, 11) is 0. The Labute approximate surface area is 158 Å². The van der Waals surface area contributed by atoms with Gasteiger partial charge < -0.3 is 14.6 Å². The van der Waals surface area contributed by atoms with Crippen LogP contribution in [-0.4, -0.2) is 22.7 Å². The van der Waals surface area contributed by atoms with Gasteiger partial charge in [-0.05, 0) is 48.7 Å². The van der Waals surface area contributed by atoms with Gasteiger partial charge in [0, 0.05) is 24.3 Å². The number of ether oxygens (including phenoxy) is 1. The highest BCUT2D eigenvalue weighted by molar-refractivity contribution is 5.94. The Morgan fingerprint density at radius 2 is 1.85 bits per heavy atom. The van der Waals surface area contributed by atoms with Crippen molar-refractivity contribution >= 4 is 5.91 Å². The molecule has 1 amide bonds. The molecule has 0 aliphatic heterocycles. The van der Waals surface area contributed by atoms with E-state index in [2.05, 4.69) is 22.4 Å². The fraction of sp³-hybridized carbons (Fsp3) is 0.286. The van der Waals surface area contributed by atoms with Crippen molar-refractivity contribution < 1.29 is 14.1 Å². The number of carbonyl (C=O) groups excluding carboxylic acids is 1. The van der Waals surface area contributed by atoms with E-state index in [0.29, 0.717) is 30.4 Å². The summed E-state index contributed by atoms with van der Waals surface area (Å²) < 4.78 is 10.8. The molecular formula is C21H23N3O3. The molecule has 27 heavy (non-hydrogen) atoms. The van der Waals surface area contributed by atoms with Crippen LogP contribution in [0.2, 0.25) is 0 Å². The van der Waals surface area contributed by atoms with Crippen LogP contribution in [0.5, 0.6) is 0 Å². The summed E-state index contributed by atoms with van der Waals surface area (Å²) in [4.78, 5) is 16.6. The van der Waals surface area contributed by atoms with E-state index in [1.54, 1.807) is 31.2 Å². The SMILES string of the molecule is CCCOCc1ccccc1CNC(=O)c1ccc(-c2nc(C)no2)cc1. The molecule has 0 aliphatic rings. The number of amides is 1. The van der Waals surface area contributed by atoms with E-state index in [-0.39, 0.29) is 5.91 Å². The first kappa shape index (κ1) is 18.8. The maximum Gasteiger partial charge on any atom is 0.257 e. The maximum absolute atomic E-state index is 12.4. The van der Waals surface area contributed by atoms with Gasteiger partial charge in [-0.2, -0.15) is 4.98 Å². The van der Waals surface area contributed by atoms with E-state index < -0.39 is 0 Å². The van der Waals surface area contributed by atoms with E-state index in [0.717, 1.165) is 29.7 Å². The molecule has 0 radical (unpaired) electrons. The van der Waals surface area contributed by atoms with Gasteiger partial charge in [-0.15, -0.1) is 0 Å². The molecule has 0 saturated carbocycles. The Kier molecular flexibility index (Phi) is 6.33. The number of benzene rings is 2. The predicted molar refractivity (Wildman–Crippen MR) is 102 cm³/mol. The number of hydrogen-bond acceptors (Lipinski definition) is 5. The van der Waals surface area contributed by atoms with Crippen LogP contribution in [0.3, 0.4) is 0 Å². The quantitative estimate of drug-likeness (QED) is 0.613. The number of rotatable bonds is 8. The number of nitrogens with zero attached hydrogens (tertiary/aromatic N) is 2. The third-order valence-corrected chi connectivity index (χ3v) is 4.09. The fourth-order valence-corrected chi connectivity index (χ4v) is 2.65. The van der Waals surface area contributed by atoms with Crippen LogP contribution < -0.4 is 5.32 Å². The zero-order valence-corrected chi connectivity index (χ0v) is 15.6. The average molecular weight is 365 g/mol. The van der Waals surface area contributed by atoms with Crippen molar-refractivity contribution in [2.45, 2.75) is 33.4 Å². The maximum atomic E-state index is 12.4. The van der Waals surface area contributed by atoms with Gasteiger partial charge in [0.2, 0.25) is 0 Å². The van der Waals surface area contributed by atoms with Crippen molar-refractivity contribution in [2.24, 2.45) is 0 Å². The highest BCUT2D eigenvalue weighted by Crippen LogP contribution is 2.18. The highest BCUT2D eigenvalue weighted by Gasteiger charge is 2.10. The second-order valence-corrected chi connectivity index (χ2v) is 6.23. The summed E-state index contributed by atoms with van der Waals surface area (Å²) in [5.74, 6) is 0.890. The second kappa shape index (κ2) is 9.09. The van der Waals surface area contributed by atoms with Gasteiger partial charge in [-0.1, -0.05) is 36.3 Å². The van der Waals surface area contributed by atoms with Crippen molar-refractivity contribution in [1.82, 2.24) is 15.5 Å². The minimum atomic E-state index is -0.132. The van der Waals surface area contributed by atoms with Gasteiger partial charge >= 0.3 is 0 Å². The van der Waals surface area contributed by atoms with Gasteiger partial charge in [0.15, 0.2) is 5.82 Å². The molecule has 0 spiro atoms. The van der Waals surface area contributed by atoms with Crippen molar-refractivity contribution in [3.05, 3.63) is 71.0 Å². The third kappa shape index (κ3) is 5.01. The molecule has 0 aliphatic carbocycles. The van der Waals surface area contributed by atoms with Crippen molar-refractivity contribution in [3.63, 3.8) is 0 Å². The summed E-state index contributed by atoms with van der Waals surface area (Å²) in [5, 5.41) is 6.74. The molecule has 3 aromatic rings. The third-order valence-electron chi connectivity index (χ3n) is 4.09. The topological polar surface area (TPSA) is 77.2 Å². The molecule has 1 heterocycles. The van der Waals surface area contributed by atoms with Crippen LogP contribution in [0.4, 0.5) is 0 Å². The molecule has 1 N–H and O–H groups in total. The Balaban J connectivity index is 1.61. The summed E-state index contributed by atoms with van der Waals surface area (Å²) in [6.07, 6.45) is 0.984. The molecule has 0 bridgehead atoms. The molecular weight excluding hydrogens is 342 g/mol. The lowest BCUT2D eigenvalue weighted by Gasteiger charge is -2.11. The summed E-state index contributed by atoms with van der Waals surface area (Å²) in [6.45, 7) is 5.58. The molecule has 0 fully saturated rings. The van der Waals surface area contributed by atoms with E-state index in [1.165, 1.54) is 0 Å². The predicted octanol–water partition coefficient (Wildman–Crippen LogP) is 3.90. The average Bonchev–Trinajstić information content (AvgIpc) is 3.13. The van der Waals surface area contributed by atoms with Crippen LogP contribution in [-0.2, 0) is 17.9 Å². The standard InChI is InChI=1S/C21H23N3O3/c1-3-12-26-14-19-7-5-4-6-18(19)13-22-20(25)16-8-10-17(11-9-16)21-23-15(2)24-27-21/h4-11H,3,12-14H2,1-2H3,(H,22,25). The first-order valence-corrected chi connectivity index (χ1v) is 9.01. The zero-order valence-electron chi connectivity index (χ0n) is 15.6. The van der Waals surface area contributed by atoms with Crippen LogP contribution in [0.15, 0.2) is 53.1 Å².